The fraction of sp³-hybridized carbons (Fsp3) is 0.667. The molecule has 1 unspecified atom stereocenters. The van der Waals surface area contributed by atoms with Gasteiger partial charge in [0.2, 0.25) is 0 Å². The van der Waals surface area contributed by atoms with Crippen molar-refractivity contribution in [1.82, 2.24) is 15.6 Å². The van der Waals surface area contributed by atoms with Gasteiger partial charge in [-0.2, -0.15) is 0 Å². The Hall–Kier alpha value is -0.720. The second-order valence-corrected chi connectivity index (χ2v) is 5.54. The minimum atomic E-state index is 0.151. The standard InChI is InChI=1S/C12H21N3OS2/c1-4-10-8-14-11(18-10)9(2)15-12(17)13-6-5-7-16-3/h8-9H,4-7H2,1-3H3,(H2,13,15,17). The molecule has 0 saturated carbocycles. The first-order valence-corrected chi connectivity index (χ1v) is 7.37. The number of thiazole rings is 1. The van der Waals surface area contributed by atoms with E-state index in [0.29, 0.717) is 5.11 Å². The first-order valence-electron chi connectivity index (χ1n) is 6.15. The van der Waals surface area contributed by atoms with E-state index >= 15 is 0 Å². The zero-order valence-corrected chi connectivity index (χ0v) is 12.8. The Morgan fingerprint density at radius 1 is 1.61 bits per heavy atom. The second kappa shape index (κ2) is 8.39. The van der Waals surface area contributed by atoms with Crippen molar-refractivity contribution in [2.45, 2.75) is 32.7 Å². The lowest BCUT2D eigenvalue weighted by Gasteiger charge is -2.14. The number of methoxy groups -OCH3 is 1. The van der Waals surface area contributed by atoms with Gasteiger partial charge in [0.1, 0.15) is 5.01 Å². The summed E-state index contributed by atoms with van der Waals surface area (Å²) in [4.78, 5) is 5.70. The molecule has 1 aromatic rings. The summed E-state index contributed by atoms with van der Waals surface area (Å²) in [6, 6.07) is 0.151. The number of thiocarbonyl (C=S) groups is 1. The minimum absolute atomic E-state index is 0.151. The van der Waals surface area contributed by atoms with Gasteiger partial charge in [0, 0.05) is 31.3 Å². The summed E-state index contributed by atoms with van der Waals surface area (Å²) >= 11 is 6.96. The van der Waals surface area contributed by atoms with Gasteiger partial charge in [0.25, 0.3) is 0 Å². The summed E-state index contributed by atoms with van der Waals surface area (Å²) < 4.78 is 4.98. The highest BCUT2D eigenvalue weighted by Gasteiger charge is 2.10. The zero-order chi connectivity index (χ0) is 13.4. The first-order chi connectivity index (χ1) is 8.67. The van der Waals surface area contributed by atoms with Crippen molar-refractivity contribution in [2.75, 3.05) is 20.3 Å². The van der Waals surface area contributed by atoms with Crippen molar-refractivity contribution in [1.29, 1.82) is 0 Å². The van der Waals surface area contributed by atoms with E-state index in [2.05, 4.69) is 29.5 Å². The van der Waals surface area contributed by atoms with Crippen LogP contribution in [0, 0.1) is 0 Å². The highest BCUT2D eigenvalue weighted by atomic mass is 32.1. The molecule has 2 N–H and O–H groups in total. The van der Waals surface area contributed by atoms with E-state index in [1.54, 1.807) is 18.4 Å². The fourth-order valence-electron chi connectivity index (χ4n) is 1.41. The van der Waals surface area contributed by atoms with Crippen LogP contribution in [0.3, 0.4) is 0 Å². The molecular formula is C12H21N3OS2. The average molecular weight is 287 g/mol. The normalized spacial score (nSPS) is 12.2. The molecule has 102 valence electrons. The van der Waals surface area contributed by atoms with Crippen molar-refractivity contribution >= 4 is 28.7 Å². The van der Waals surface area contributed by atoms with Gasteiger partial charge < -0.3 is 15.4 Å². The van der Waals surface area contributed by atoms with Crippen molar-refractivity contribution in [3.05, 3.63) is 16.1 Å². The third-order valence-electron chi connectivity index (χ3n) is 2.45. The van der Waals surface area contributed by atoms with E-state index in [0.717, 1.165) is 31.0 Å². The molecule has 0 amide bonds. The third-order valence-corrected chi connectivity index (χ3v) is 4.04. The largest absolute Gasteiger partial charge is 0.385 e. The molecule has 0 bridgehead atoms. The molecule has 0 fully saturated rings. The Morgan fingerprint density at radius 2 is 2.39 bits per heavy atom. The van der Waals surface area contributed by atoms with E-state index in [1.807, 2.05) is 6.20 Å². The molecule has 1 atom stereocenters. The Balaban J connectivity index is 2.30. The van der Waals surface area contributed by atoms with Crippen molar-refractivity contribution < 1.29 is 4.74 Å². The Morgan fingerprint density at radius 3 is 3.00 bits per heavy atom. The Bertz CT molecular complexity index is 368. The van der Waals surface area contributed by atoms with E-state index in [1.165, 1.54) is 4.88 Å². The maximum absolute atomic E-state index is 5.23. The van der Waals surface area contributed by atoms with Gasteiger partial charge in [0.15, 0.2) is 5.11 Å². The quantitative estimate of drug-likeness (QED) is 0.595. The molecular weight excluding hydrogens is 266 g/mol. The van der Waals surface area contributed by atoms with E-state index in [-0.39, 0.29) is 6.04 Å². The molecule has 1 rings (SSSR count). The molecule has 1 aromatic heterocycles. The number of hydrogen-bond acceptors (Lipinski definition) is 4. The van der Waals surface area contributed by atoms with E-state index < -0.39 is 0 Å². The predicted octanol–water partition coefficient (Wildman–Crippen LogP) is 2.27. The summed E-state index contributed by atoms with van der Waals surface area (Å²) in [5.74, 6) is 0. The minimum Gasteiger partial charge on any atom is -0.385 e. The monoisotopic (exact) mass is 287 g/mol. The van der Waals surface area contributed by atoms with Gasteiger partial charge in [-0.1, -0.05) is 6.92 Å². The highest BCUT2D eigenvalue weighted by Crippen LogP contribution is 2.19. The molecule has 18 heavy (non-hydrogen) atoms. The van der Waals surface area contributed by atoms with Crippen LogP contribution >= 0.6 is 23.6 Å². The van der Waals surface area contributed by atoms with Gasteiger partial charge in [-0.3, -0.25) is 0 Å². The molecule has 0 aliphatic heterocycles. The highest BCUT2D eigenvalue weighted by molar-refractivity contribution is 7.80. The maximum Gasteiger partial charge on any atom is 0.166 e. The molecule has 1 heterocycles. The zero-order valence-electron chi connectivity index (χ0n) is 11.2. The smallest absolute Gasteiger partial charge is 0.166 e. The molecule has 0 aliphatic rings. The first kappa shape index (κ1) is 15.3. The summed E-state index contributed by atoms with van der Waals surface area (Å²) in [6.07, 6.45) is 3.92. The predicted molar refractivity (Wildman–Crippen MR) is 80.1 cm³/mol. The number of aryl methyl sites for hydroxylation is 1. The molecule has 0 aliphatic carbocycles. The lowest BCUT2D eigenvalue weighted by Crippen LogP contribution is -2.37. The lowest BCUT2D eigenvalue weighted by molar-refractivity contribution is 0.195. The van der Waals surface area contributed by atoms with Crippen LogP contribution in [0.25, 0.3) is 0 Å². The van der Waals surface area contributed by atoms with Crippen molar-refractivity contribution in [2.24, 2.45) is 0 Å². The summed E-state index contributed by atoms with van der Waals surface area (Å²) in [5, 5.41) is 8.14. The van der Waals surface area contributed by atoms with Crippen LogP contribution in [-0.2, 0) is 11.2 Å². The number of rotatable bonds is 7. The summed E-state index contributed by atoms with van der Waals surface area (Å²) in [6.45, 7) is 5.78. The van der Waals surface area contributed by atoms with Crippen LogP contribution in [-0.4, -0.2) is 30.4 Å². The average Bonchev–Trinajstić information content (AvgIpc) is 2.83. The Kier molecular flexibility index (Phi) is 7.15. The van der Waals surface area contributed by atoms with E-state index in [9.17, 15) is 0 Å². The fourth-order valence-corrected chi connectivity index (χ4v) is 2.55. The lowest BCUT2D eigenvalue weighted by atomic mass is 10.3. The topological polar surface area (TPSA) is 46.2 Å². The summed E-state index contributed by atoms with van der Waals surface area (Å²) in [7, 11) is 1.70. The third kappa shape index (κ3) is 5.29. The number of aromatic nitrogens is 1. The van der Waals surface area contributed by atoms with Gasteiger partial charge >= 0.3 is 0 Å². The number of nitrogens with one attached hydrogen (secondary N) is 2. The number of hydrogen-bond donors (Lipinski definition) is 2. The molecule has 6 heteroatoms. The van der Waals surface area contributed by atoms with Crippen LogP contribution in [0.5, 0.6) is 0 Å². The second-order valence-electron chi connectivity index (χ2n) is 3.99. The van der Waals surface area contributed by atoms with Crippen LogP contribution in [0.1, 0.15) is 36.2 Å². The van der Waals surface area contributed by atoms with Gasteiger partial charge in [0.05, 0.1) is 6.04 Å². The van der Waals surface area contributed by atoms with Gasteiger partial charge in [-0.15, -0.1) is 11.3 Å². The van der Waals surface area contributed by atoms with Gasteiger partial charge in [-0.05, 0) is 32.0 Å². The van der Waals surface area contributed by atoms with E-state index in [4.69, 9.17) is 17.0 Å². The number of ether oxygens (including phenoxy) is 1. The van der Waals surface area contributed by atoms with Crippen LogP contribution in [0.2, 0.25) is 0 Å². The maximum atomic E-state index is 5.23. The molecule has 0 aromatic carbocycles. The van der Waals surface area contributed by atoms with Crippen LogP contribution in [0.4, 0.5) is 0 Å². The molecule has 0 spiro atoms. The van der Waals surface area contributed by atoms with Crippen molar-refractivity contribution in [3.63, 3.8) is 0 Å². The molecule has 4 nitrogen and oxygen atoms in total. The number of nitrogens with zero attached hydrogens (tertiary/aromatic N) is 1. The SMILES string of the molecule is CCc1cnc(C(C)NC(=S)NCCCOC)s1. The Labute approximate surface area is 118 Å². The summed E-state index contributed by atoms with van der Waals surface area (Å²) in [5.41, 5.74) is 0. The van der Waals surface area contributed by atoms with Crippen molar-refractivity contribution in [3.8, 4) is 0 Å². The van der Waals surface area contributed by atoms with Crippen LogP contribution in [0.15, 0.2) is 6.20 Å². The molecule has 0 saturated heterocycles. The van der Waals surface area contributed by atoms with Gasteiger partial charge in [-0.25, -0.2) is 4.98 Å². The van der Waals surface area contributed by atoms with Crippen LogP contribution < -0.4 is 10.6 Å². The molecule has 0 radical (unpaired) electrons.